The van der Waals surface area contributed by atoms with Crippen LogP contribution in [0.15, 0.2) is 26.2 Å². The van der Waals surface area contributed by atoms with Crippen LogP contribution in [0.25, 0.3) is 0 Å². The molecule has 8 nitrogen and oxygen atoms in total. The second-order valence-electron chi connectivity index (χ2n) is 5.00. The van der Waals surface area contributed by atoms with E-state index in [0.29, 0.717) is 5.82 Å². The van der Waals surface area contributed by atoms with Crippen molar-refractivity contribution in [1.82, 2.24) is 25.1 Å². The van der Waals surface area contributed by atoms with Crippen LogP contribution < -0.4 is 10.0 Å². The number of aromatic nitrogens is 2. The first-order chi connectivity index (χ1) is 10.6. The summed E-state index contributed by atoms with van der Waals surface area (Å²) < 4.78 is 31.9. The summed E-state index contributed by atoms with van der Waals surface area (Å²) in [6.45, 7) is 2.56. The quantitative estimate of drug-likeness (QED) is 0.799. The number of sulfonamides is 1. The van der Waals surface area contributed by atoms with Crippen LogP contribution in [0.5, 0.6) is 0 Å². The van der Waals surface area contributed by atoms with Crippen molar-refractivity contribution in [3.63, 3.8) is 0 Å². The Hall–Kier alpha value is -1.33. The molecule has 1 atom stereocenters. The molecule has 0 amide bonds. The highest BCUT2D eigenvalue weighted by Crippen LogP contribution is 2.18. The molecule has 1 fully saturated rings. The van der Waals surface area contributed by atoms with Gasteiger partial charge in [-0.2, -0.15) is 4.98 Å². The van der Waals surface area contributed by atoms with Crippen LogP contribution in [-0.4, -0.2) is 50.1 Å². The van der Waals surface area contributed by atoms with Gasteiger partial charge in [0, 0.05) is 19.6 Å². The Balaban J connectivity index is 1.65. The predicted molar refractivity (Wildman–Crippen MR) is 80.9 cm³/mol. The number of nitrogens with zero attached hydrogens (tertiary/aromatic N) is 3. The molecule has 1 aliphatic rings. The topological polar surface area (TPSA) is 100 Å². The first-order valence-corrected chi connectivity index (χ1v) is 9.19. The highest BCUT2D eigenvalue weighted by Gasteiger charge is 2.25. The second kappa shape index (κ2) is 6.42. The number of thiophene rings is 1. The fraction of sp³-hybridized carbons (Fsp3) is 0.500. The van der Waals surface area contributed by atoms with E-state index in [1.165, 1.54) is 0 Å². The van der Waals surface area contributed by atoms with E-state index in [1.54, 1.807) is 17.5 Å². The number of hydrogen-bond donors (Lipinski definition) is 2. The van der Waals surface area contributed by atoms with Gasteiger partial charge in [-0.1, -0.05) is 11.2 Å². The molecule has 1 unspecified atom stereocenters. The second-order valence-corrected chi connectivity index (χ2v) is 7.94. The van der Waals surface area contributed by atoms with Gasteiger partial charge in [0.1, 0.15) is 4.21 Å². The molecule has 0 aromatic carbocycles. The summed E-state index contributed by atoms with van der Waals surface area (Å²) in [5, 5.41) is 8.94. The average molecular weight is 343 g/mol. The van der Waals surface area contributed by atoms with Crippen molar-refractivity contribution < 1.29 is 12.9 Å². The molecule has 2 aromatic rings. The lowest BCUT2D eigenvalue weighted by Gasteiger charge is -2.30. The fourth-order valence-electron chi connectivity index (χ4n) is 2.21. The van der Waals surface area contributed by atoms with Gasteiger partial charge in [0.2, 0.25) is 5.89 Å². The standard InChI is InChI=1S/C12H17N5O3S2/c1-17-5-4-13-7-9(17)12-15-10(20-16-12)8-14-22(18,19)11-3-2-6-21-11/h2-3,6,9,13-14H,4-5,7-8H2,1H3. The molecule has 0 spiro atoms. The zero-order valence-corrected chi connectivity index (χ0v) is 13.7. The van der Waals surface area contributed by atoms with Crippen molar-refractivity contribution >= 4 is 21.4 Å². The van der Waals surface area contributed by atoms with E-state index in [-0.39, 0.29) is 22.7 Å². The summed E-state index contributed by atoms with van der Waals surface area (Å²) >= 11 is 1.16. The first kappa shape index (κ1) is 15.6. The van der Waals surface area contributed by atoms with Crippen LogP contribution in [-0.2, 0) is 16.6 Å². The van der Waals surface area contributed by atoms with Crippen molar-refractivity contribution in [3.8, 4) is 0 Å². The molecule has 22 heavy (non-hydrogen) atoms. The summed E-state index contributed by atoms with van der Waals surface area (Å²) in [5.41, 5.74) is 0. The monoisotopic (exact) mass is 343 g/mol. The Bertz CT molecular complexity index is 713. The van der Waals surface area contributed by atoms with Crippen LogP contribution in [0.1, 0.15) is 17.8 Å². The fourth-order valence-corrected chi connectivity index (χ4v) is 4.23. The van der Waals surface area contributed by atoms with Gasteiger partial charge in [-0.3, -0.25) is 4.90 Å². The third kappa shape index (κ3) is 3.36. The van der Waals surface area contributed by atoms with E-state index < -0.39 is 10.0 Å². The number of nitrogens with one attached hydrogen (secondary N) is 2. The minimum Gasteiger partial charge on any atom is -0.338 e. The molecule has 2 aromatic heterocycles. The van der Waals surface area contributed by atoms with Crippen molar-refractivity contribution in [2.45, 2.75) is 16.8 Å². The van der Waals surface area contributed by atoms with Gasteiger partial charge in [-0.05, 0) is 18.5 Å². The number of piperazine rings is 1. The molecule has 0 radical (unpaired) electrons. The minimum atomic E-state index is -3.52. The van der Waals surface area contributed by atoms with Gasteiger partial charge >= 0.3 is 0 Å². The third-order valence-electron chi connectivity index (χ3n) is 3.47. The van der Waals surface area contributed by atoms with E-state index in [9.17, 15) is 8.42 Å². The summed E-state index contributed by atoms with van der Waals surface area (Å²) in [6, 6.07) is 3.28. The molecule has 0 bridgehead atoms. The van der Waals surface area contributed by atoms with E-state index >= 15 is 0 Å². The zero-order valence-electron chi connectivity index (χ0n) is 12.0. The van der Waals surface area contributed by atoms with Crippen molar-refractivity contribution in [1.29, 1.82) is 0 Å². The van der Waals surface area contributed by atoms with Gasteiger partial charge in [0.05, 0.1) is 12.6 Å². The maximum Gasteiger partial charge on any atom is 0.250 e. The van der Waals surface area contributed by atoms with Crippen LogP contribution in [0, 0.1) is 0 Å². The summed E-state index contributed by atoms with van der Waals surface area (Å²) in [5.74, 6) is 0.828. The summed E-state index contributed by atoms with van der Waals surface area (Å²) in [7, 11) is -1.52. The van der Waals surface area contributed by atoms with Crippen molar-refractivity contribution in [2.24, 2.45) is 0 Å². The normalized spacial score (nSPS) is 20.3. The van der Waals surface area contributed by atoms with E-state index in [0.717, 1.165) is 31.0 Å². The SMILES string of the molecule is CN1CCNCC1c1noc(CNS(=O)(=O)c2cccs2)n1. The largest absolute Gasteiger partial charge is 0.338 e. The first-order valence-electron chi connectivity index (χ1n) is 6.83. The predicted octanol–water partition coefficient (Wildman–Crippen LogP) is 0.186. The molecule has 3 heterocycles. The lowest BCUT2D eigenvalue weighted by atomic mass is 10.2. The maximum atomic E-state index is 12.0. The Labute approximate surface area is 132 Å². The van der Waals surface area contributed by atoms with E-state index in [4.69, 9.17) is 4.52 Å². The van der Waals surface area contributed by atoms with Crippen molar-refractivity contribution in [3.05, 3.63) is 29.2 Å². The molecule has 120 valence electrons. The zero-order chi connectivity index (χ0) is 15.6. The van der Waals surface area contributed by atoms with Crippen LogP contribution >= 0.6 is 11.3 Å². The van der Waals surface area contributed by atoms with Gasteiger partial charge in [-0.15, -0.1) is 11.3 Å². The Morgan fingerprint density at radius 2 is 2.45 bits per heavy atom. The number of hydrogen-bond acceptors (Lipinski definition) is 8. The molecular formula is C12H17N5O3S2. The third-order valence-corrected chi connectivity index (χ3v) is 6.26. The van der Waals surface area contributed by atoms with Gasteiger partial charge in [0.25, 0.3) is 10.0 Å². The molecule has 10 heteroatoms. The lowest BCUT2D eigenvalue weighted by molar-refractivity contribution is 0.190. The van der Waals surface area contributed by atoms with Crippen LogP contribution in [0.3, 0.4) is 0 Å². The van der Waals surface area contributed by atoms with E-state index in [2.05, 4.69) is 25.1 Å². The molecular weight excluding hydrogens is 326 g/mol. The highest BCUT2D eigenvalue weighted by atomic mass is 32.2. The minimum absolute atomic E-state index is 0.0168. The summed E-state index contributed by atoms with van der Waals surface area (Å²) in [4.78, 5) is 6.43. The summed E-state index contributed by atoms with van der Waals surface area (Å²) in [6.07, 6.45) is 0. The van der Waals surface area contributed by atoms with Gasteiger partial charge < -0.3 is 9.84 Å². The van der Waals surface area contributed by atoms with Crippen LogP contribution in [0.2, 0.25) is 0 Å². The van der Waals surface area contributed by atoms with Crippen molar-refractivity contribution in [2.75, 3.05) is 26.7 Å². The molecule has 1 aliphatic heterocycles. The van der Waals surface area contributed by atoms with Gasteiger partial charge in [0.15, 0.2) is 5.82 Å². The molecule has 3 rings (SSSR count). The molecule has 1 saturated heterocycles. The average Bonchev–Trinajstić information content (AvgIpc) is 3.18. The number of likely N-dealkylation sites (N-methyl/N-ethyl adjacent to an activating group) is 1. The molecule has 0 aliphatic carbocycles. The highest BCUT2D eigenvalue weighted by molar-refractivity contribution is 7.91. The Morgan fingerprint density at radius 1 is 1.59 bits per heavy atom. The maximum absolute atomic E-state index is 12.0. The molecule has 2 N–H and O–H groups in total. The Morgan fingerprint density at radius 3 is 3.18 bits per heavy atom. The lowest BCUT2D eigenvalue weighted by Crippen LogP contribution is -2.44. The van der Waals surface area contributed by atoms with Gasteiger partial charge in [-0.25, -0.2) is 13.1 Å². The molecule has 0 saturated carbocycles. The van der Waals surface area contributed by atoms with Crippen LogP contribution in [0.4, 0.5) is 0 Å². The smallest absolute Gasteiger partial charge is 0.250 e. The Kier molecular flexibility index (Phi) is 4.54. The number of rotatable bonds is 5. The van der Waals surface area contributed by atoms with E-state index in [1.807, 2.05) is 7.05 Å².